The number of rotatable bonds is 13. The maximum absolute atomic E-state index is 13.1. The van der Waals surface area contributed by atoms with E-state index in [1.54, 1.807) is 59.3 Å². The summed E-state index contributed by atoms with van der Waals surface area (Å²) in [5.74, 6) is -3.88. The Morgan fingerprint density at radius 2 is 0.912 bits per heavy atom. The van der Waals surface area contributed by atoms with Crippen LogP contribution in [0.15, 0.2) is 72.8 Å². The minimum Gasteiger partial charge on any atom is -0.481 e. The first-order chi connectivity index (χ1) is 47.9. The minimum absolute atomic E-state index is 0.0603. The Morgan fingerprint density at radius 1 is 0.520 bits per heavy atom. The highest BCUT2D eigenvalue weighted by Crippen LogP contribution is 2.37. The third-order valence-corrected chi connectivity index (χ3v) is 20.1. The summed E-state index contributed by atoms with van der Waals surface area (Å²) in [6.45, 7) is 9.17. The molecule has 4 aliphatic rings. The number of carboxylic acids is 1. The van der Waals surface area contributed by atoms with E-state index in [9.17, 15) is 46.3 Å². The summed E-state index contributed by atoms with van der Waals surface area (Å²) in [4.78, 5) is 70.9. The van der Waals surface area contributed by atoms with Crippen molar-refractivity contribution in [1.82, 2.24) is 49.3 Å². The van der Waals surface area contributed by atoms with Crippen LogP contribution >= 0.6 is 115 Å². The Morgan fingerprint density at radius 3 is 1.30 bits per heavy atom. The number of nitrogens with two attached hydrogens (primary N) is 4. The lowest BCUT2D eigenvalue weighted by atomic mass is 9.80. The number of amides is 5. The van der Waals surface area contributed by atoms with Gasteiger partial charge in [0.05, 0.1) is 105 Å². The van der Waals surface area contributed by atoms with E-state index in [0.29, 0.717) is 117 Å². The van der Waals surface area contributed by atoms with Crippen molar-refractivity contribution in [3.63, 3.8) is 0 Å². The summed E-state index contributed by atoms with van der Waals surface area (Å²) in [5.41, 5.74) is 27.4. The van der Waals surface area contributed by atoms with Crippen LogP contribution < -0.4 is 33.7 Å². The molecule has 4 aliphatic heterocycles. The van der Waals surface area contributed by atoms with Crippen LogP contribution in [0.5, 0.6) is 0 Å². The molecule has 0 unspecified atom stereocenters. The molecule has 0 bridgehead atoms. The molecule has 23 nitrogen and oxygen atoms in total. The molecule has 0 saturated heterocycles. The lowest BCUT2D eigenvalue weighted by Crippen LogP contribution is -2.41. The second-order valence-corrected chi connectivity index (χ2v) is 28.9. The molecule has 5 amide bonds. The Kier molecular flexibility index (Phi) is 29.0. The molecule has 8 heterocycles. The average molecular weight is 1690 g/mol. The lowest BCUT2D eigenvalue weighted by molar-refractivity contribution is -0.155. The summed E-state index contributed by atoms with van der Waals surface area (Å²) in [6.07, 6.45) is 0.399. The van der Waals surface area contributed by atoms with Gasteiger partial charge in [-0.1, -0.05) is 131 Å². The molecule has 102 heavy (non-hydrogen) atoms. The second-order valence-electron chi connectivity index (χ2n) is 24.6. The fourth-order valence-electron chi connectivity index (χ4n) is 10.6. The molecular formula is C65H68BCl8F4IN14O9. The third-order valence-electron chi connectivity index (χ3n) is 16.4. The number of halogens is 13. The van der Waals surface area contributed by atoms with Crippen LogP contribution in [0.1, 0.15) is 124 Å². The molecule has 0 spiro atoms. The lowest BCUT2D eigenvalue weighted by Gasteiger charge is -2.31. The van der Waals surface area contributed by atoms with E-state index >= 15 is 0 Å². The first-order valence-corrected chi connectivity index (χ1v) is 35.2. The minimum atomic E-state index is -2.81. The number of nitrogens with zero attached hydrogens (tertiary/aromatic N) is 9. The van der Waals surface area contributed by atoms with E-state index in [-0.39, 0.29) is 24.4 Å². The normalized spacial score (nSPS) is 13.7. The average Bonchev–Trinajstić information content (AvgIpc) is 1.63. The predicted octanol–water partition coefficient (Wildman–Crippen LogP) is 12.3. The number of carbonyl (C=O) groups is 6. The molecule has 0 aliphatic carbocycles. The van der Waals surface area contributed by atoms with Crippen molar-refractivity contribution in [3.05, 3.63) is 162 Å². The van der Waals surface area contributed by atoms with Gasteiger partial charge >= 0.3 is 13.1 Å². The number of alkyl halides is 4. The Balaban J connectivity index is 0.000000179. The first kappa shape index (κ1) is 82.5. The van der Waals surface area contributed by atoms with Gasteiger partial charge in [0.25, 0.3) is 30.1 Å². The van der Waals surface area contributed by atoms with E-state index in [1.165, 1.54) is 36.9 Å². The highest BCUT2D eigenvalue weighted by molar-refractivity contribution is 14.1. The van der Waals surface area contributed by atoms with Crippen molar-refractivity contribution >= 4 is 163 Å². The van der Waals surface area contributed by atoms with Crippen molar-refractivity contribution < 1.29 is 61.5 Å². The molecule has 0 saturated carbocycles. The number of nitrogens with one attached hydrogen (secondary N) is 1. The molecule has 12 N–H and O–H groups in total. The number of hydrogen-bond acceptors (Lipinski definition) is 13. The van der Waals surface area contributed by atoms with Gasteiger partial charge in [-0.05, 0) is 129 Å². The van der Waals surface area contributed by atoms with E-state index < -0.39 is 60.4 Å². The highest BCUT2D eigenvalue weighted by Gasteiger charge is 2.39. The van der Waals surface area contributed by atoms with Crippen LogP contribution in [0, 0.1) is 14.5 Å². The number of aliphatic carboxylic acids is 1. The number of carbonyl (C=O) groups excluding carboxylic acids is 5. The van der Waals surface area contributed by atoms with Gasteiger partial charge in [-0.25, -0.2) is 17.6 Å². The van der Waals surface area contributed by atoms with Gasteiger partial charge in [0.1, 0.15) is 26.2 Å². The van der Waals surface area contributed by atoms with E-state index in [2.05, 4.69) is 48.3 Å². The first-order valence-electron chi connectivity index (χ1n) is 31.0. The number of fused-ring (bicyclic) bond motifs is 4. The number of primary amides is 4. The molecule has 0 radical (unpaired) electrons. The van der Waals surface area contributed by atoms with Gasteiger partial charge in [-0.3, -0.25) is 47.5 Å². The van der Waals surface area contributed by atoms with Crippen molar-refractivity contribution in [2.45, 2.75) is 125 Å². The Bertz CT molecular complexity index is 4340. The SMILES string of the molecule is CC(C)(C(=O)O)C(F)F.CC(C)(CC(=O)N1CCn2nc(-c3ccc(Cl)c(Cl)c3)c(C(N)=O)c2C1)C(F)F.NC(=O)c1c(-c2ccc(Cl)c(Cl)c2)nn2c1CCCC2.NC(=O)c1c(-c2ccc(Cl)c(Cl)c2)nn2c1CNCC2.NC(=O)c1c(I)nn2c1CCCC2.OB(O)c1ccc(Cl)c(Cl)c1. The predicted molar refractivity (Wildman–Crippen MR) is 393 cm³/mol. The standard InChI is InChI=1S/C19H20Cl2F2N4O2.C14H13Cl2N3O.C13H12Cl2N4O.C8H10IN3O.C6H5BCl2O2.C5H8F2O2/c1-19(2,18(22)23)8-14(28)26-5-6-27-13(9-26)15(17(24)29)16(25-27)10-3-4-11(20)12(21)7-10;15-9-5-4-8(7-10(9)16)13-12(14(17)20)11-3-1-2-6-19(11)18-13;14-8-2-1-7(5-9(8)15)12-11(13(16)20)10-6-17-3-4-19(10)18-12;9-7-6(8(10)13)5-3-1-2-4-12(5)11-7;8-5-2-1-4(7(10)11)3-6(5)9;1-5(2,3(6)7)4(8)9/h3-4,7,18H,5-6,8-9H2,1-2H3,(H2,24,29);4-5,7H,1-3,6H2,(H2,17,20);1-2,5,17H,3-4,6H2,(H2,16,20);1-4H2,(H2,10,13);1-3,10-11H;3H,1-2H3,(H,8,9). The van der Waals surface area contributed by atoms with Crippen LogP contribution in [0.4, 0.5) is 17.6 Å². The smallest absolute Gasteiger partial charge is 0.481 e. The zero-order valence-electron chi connectivity index (χ0n) is 54.8. The molecule has 4 aromatic heterocycles. The summed E-state index contributed by atoms with van der Waals surface area (Å²) in [7, 11) is -1.50. The monoisotopic (exact) mass is 1680 g/mol. The Labute approximate surface area is 636 Å². The van der Waals surface area contributed by atoms with Gasteiger partial charge in [0, 0.05) is 61.2 Å². The molecule has 4 aromatic carbocycles. The molecule has 546 valence electrons. The molecule has 37 heteroatoms. The van der Waals surface area contributed by atoms with Gasteiger partial charge in [0.15, 0.2) is 0 Å². The molecule has 0 fully saturated rings. The number of benzene rings is 4. The van der Waals surface area contributed by atoms with E-state index in [1.807, 2.05) is 14.0 Å². The van der Waals surface area contributed by atoms with E-state index in [4.69, 9.17) is 131 Å². The number of aryl methyl sites for hydroxylation is 2. The number of hydrogen-bond donors (Lipinski definition) is 8. The zero-order valence-corrected chi connectivity index (χ0v) is 63.0. The second kappa shape index (κ2) is 35.8. The van der Waals surface area contributed by atoms with Crippen LogP contribution in [-0.2, 0) is 61.7 Å². The van der Waals surface area contributed by atoms with Gasteiger partial charge in [0.2, 0.25) is 12.3 Å². The summed E-state index contributed by atoms with van der Waals surface area (Å²) in [5, 5.41) is 49.6. The summed E-state index contributed by atoms with van der Waals surface area (Å²) < 4.78 is 57.6. The van der Waals surface area contributed by atoms with E-state index in [0.717, 1.165) is 104 Å². The van der Waals surface area contributed by atoms with Crippen molar-refractivity contribution in [2.24, 2.45) is 33.8 Å². The maximum Gasteiger partial charge on any atom is 0.488 e. The van der Waals surface area contributed by atoms with Crippen LogP contribution in [0.3, 0.4) is 0 Å². The quantitative estimate of drug-likeness (QED) is 0.0302. The molecule has 0 atom stereocenters. The number of aromatic nitrogens is 8. The largest absolute Gasteiger partial charge is 0.488 e. The summed E-state index contributed by atoms with van der Waals surface area (Å²) >= 11 is 49.2. The van der Waals surface area contributed by atoms with Gasteiger partial charge < -0.3 is 48.3 Å². The van der Waals surface area contributed by atoms with Crippen LogP contribution in [-0.4, -0.2) is 128 Å². The highest BCUT2D eigenvalue weighted by atomic mass is 127. The topological polar surface area (TPSA) is 354 Å². The van der Waals surface area contributed by atoms with Crippen LogP contribution in [0.25, 0.3) is 33.8 Å². The molecule has 12 rings (SSSR count). The third kappa shape index (κ3) is 20.2. The van der Waals surface area contributed by atoms with Gasteiger partial charge in [-0.2, -0.15) is 20.4 Å². The zero-order chi connectivity index (χ0) is 75.6. The fraction of sp³-hybridized carbons (Fsp3) is 0.354. The maximum atomic E-state index is 13.1. The Hall–Kier alpha value is -6.75. The molecular weight excluding hydrogens is 1620 g/mol. The fourth-order valence-corrected chi connectivity index (χ4v) is 12.7. The summed E-state index contributed by atoms with van der Waals surface area (Å²) in [6, 6.07) is 19.6. The van der Waals surface area contributed by atoms with Crippen molar-refractivity contribution in [2.75, 3.05) is 13.1 Å². The van der Waals surface area contributed by atoms with Crippen molar-refractivity contribution in [3.8, 4) is 33.8 Å². The number of carboxylic acid groups (broad SMARTS) is 1. The van der Waals surface area contributed by atoms with Gasteiger partial charge in [-0.15, -0.1) is 0 Å². The van der Waals surface area contributed by atoms with Crippen molar-refractivity contribution in [1.29, 1.82) is 0 Å². The molecule has 8 aromatic rings. The van der Waals surface area contributed by atoms with Crippen LogP contribution in [0.2, 0.25) is 40.2 Å².